The number of rotatable bonds is 4. The van der Waals surface area contributed by atoms with E-state index in [9.17, 15) is 15.0 Å². The maximum Gasteiger partial charge on any atom is 0.323 e. The van der Waals surface area contributed by atoms with Crippen LogP contribution in [0.1, 0.15) is 0 Å². The number of nitrogens with two attached hydrogens (primary N) is 1. The van der Waals surface area contributed by atoms with Gasteiger partial charge in [0.05, 0.1) is 12.0 Å². The van der Waals surface area contributed by atoms with Gasteiger partial charge in [0.2, 0.25) is 0 Å². The molecule has 1 rings (SSSR count). The summed E-state index contributed by atoms with van der Waals surface area (Å²) in [6, 6.07) is 3.40. The van der Waals surface area contributed by atoms with Gasteiger partial charge in [-0.2, -0.15) is 0 Å². The lowest BCUT2D eigenvalue weighted by Crippen LogP contribution is -2.33. The highest BCUT2D eigenvalue weighted by Crippen LogP contribution is 2.31. The summed E-state index contributed by atoms with van der Waals surface area (Å²) in [6.07, 6.45) is 0. The number of aromatic hydroxyl groups is 2. The zero-order valence-corrected chi connectivity index (χ0v) is 9.53. The quantitative estimate of drug-likeness (QED) is 0.409. The summed E-state index contributed by atoms with van der Waals surface area (Å²) < 4.78 is 4.47. The summed E-state index contributed by atoms with van der Waals surface area (Å²) in [7, 11) is 1.26. The minimum absolute atomic E-state index is 0.0415. The number of hydrogen-bond donors (Lipinski definition) is 3. The van der Waals surface area contributed by atoms with Gasteiger partial charge >= 0.3 is 5.97 Å². The Morgan fingerprint density at radius 3 is 2.88 bits per heavy atom. The van der Waals surface area contributed by atoms with E-state index in [4.69, 9.17) is 5.73 Å². The van der Waals surface area contributed by atoms with Crippen LogP contribution in [0.5, 0.6) is 11.5 Å². The van der Waals surface area contributed by atoms with Crippen LogP contribution >= 0.6 is 11.8 Å². The molecule has 1 aromatic rings. The summed E-state index contributed by atoms with van der Waals surface area (Å²) in [5, 5.41) is 18.7. The highest BCUT2D eigenvalue weighted by Gasteiger charge is 2.15. The second-order valence-electron chi connectivity index (χ2n) is 3.09. The molecule has 0 heterocycles. The van der Waals surface area contributed by atoms with Gasteiger partial charge in [-0.3, -0.25) is 4.79 Å². The molecule has 0 radical (unpaired) electrons. The minimum atomic E-state index is -0.753. The first-order chi connectivity index (χ1) is 7.54. The third kappa shape index (κ3) is 3.32. The average molecular weight is 243 g/mol. The summed E-state index contributed by atoms with van der Waals surface area (Å²) in [4.78, 5) is 11.5. The van der Waals surface area contributed by atoms with Gasteiger partial charge in [0.15, 0.2) is 0 Å². The lowest BCUT2D eigenvalue weighted by Gasteiger charge is -2.09. The van der Waals surface area contributed by atoms with Crippen molar-refractivity contribution in [3.8, 4) is 11.5 Å². The molecule has 4 N–H and O–H groups in total. The van der Waals surface area contributed by atoms with Crippen molar-refractivity contribution >= 4 is 17.7 Å². The predicted octanol–water partition coefficient (Wildman–Crippen LogP) is 0.690. The predicted molar refractivity (Wildman–Crippen MR) is 60.5 cm³/mol. The van der Waals surface area contributed by atoms with E-state index in [1.807, 2.05) is 0 Å². The Morgan fingerprint density at radius 2 is 2.25 bits per heavy atom. The first-order valence-corrected chi connectivity index (χ1v) is 5.51. The van der Waals surface area contributed by atoms with Crippen LogP contribution in [0.15, 0.2) is 23.1 Å². The van der Waals surface area contributed by atoms with E-state index in [0.717, 1.165) is 0 Å². The molecular weight excluding hydrogens is 230 g/mol. The van der Waals surface area contributed by atoms with E-state index in [2.05, 4.69) is 4.74 Å². The third-order valence-corrected chi connectivity index (χ3v) is 3.03. The van der Waals surface area contributed by atoms with E-state index in [1.165, 1.54) is 37.1 Å². The van der Waals surface area contributed by atoms with Crippen LogP contribution in [0.2, 0.25) is 0 Å². The molecule has 0 aromatic heterocycles. The number of hydrogen-bond acceptors (Lipinski definition) is 6. The molecular formula is C10H13NO4S. The number of phenolic OH excluding ortho intramolecular Hbond substituents is 2. The fourth-order valence-corrected chi connectivity index (χ4v) is 1.93. The van der Waals surface area contributed by atoms with Crippen LogP contribution in [-0.4, -0.2) is 35.1 Å². The molecule has 0 fully saturated rings. The summed E-state index contributed by atoms with van der Waals surface area (Å²) >= 11 is 1.18. The van der Waals surface area contributed by atoms with Crippen molar-refractivity contribution in [2.24, 2.45) is 5.73 Å². The van der Waals surface area contributed by atoms with Gasteiger partial charge in [0, 0.05) is 5.75 Å². The first-order valence-electron chi connectivity index (χ1n) is 4.52. The summed E-state index contributed by atoms with van der Waals surface area (Å²) in [5.74, 6) is -0.150. The standard InChI is InChI=1S/C10H13NO4S/c1-15-10(14)7(11)5-16-9-4-6(12)2-3-8(9)13/h2-4,7,12-13H,5,11H2,1H3/t7-/m0/s1. The lowest BCUT2D eigenvalue weighted by atomic mass is 10.3. The lowest BCUT2D eigenvalue weighted by molar-refractivity contribution is -0.141. The van der Waals surface area contributed by atoms with Crippen molar-refractivity contribution in [1.82, 2.24) is 0 Å². The largest absolute Gasteiger partial charge is 0.508 e. The Morgan fingerprint density at radius 1 is 1.56 bits per heavy atom. The molecule has 0 unspecified atom stereocenters. The van der Waals surface area contributed by atoms with Gasteiger partial charge in [-0.25, -0.2) is 0 Å². The Labute approximate surface area is 97.2 Å². The van der Waals surface area contributed by atoms with Crippen LogP contribution in [0.25, 0.3) is 0 Å². The van der Waals surface area contributed by atoms with Crippen LogP contribution in [0.4, 0.5) is 0 Å². The Kier molecular flexibility index (Phi) is 4.45. The van der Waals surface area contributed by atoms with Gasteiger partial charge in [-0.1, -0.05) is 0 Å². The summed E-state index contributed by atoms with van der Waals surface area (Å²) in [6.45, 7) is 0. The van der Waals surface area contributed by atoms with Crippen molar-refractivity contribution < 1.29 is 19.7 Å². The molecule has 16 heavy (non-hydrogen) atoms. The fraction of sp³-hybridized carbons (Fsp3) is 0.300. The zero-order valence-electron chi connectivity index (χ0n) is 8.71. The Bertz CT molecular complexity index is 383. The normalized spacial score (nSPS) is 12.1. The number of carbonyl (C=O) groups is 1. The minimum Gasteiger partial charge on any atom is -0.508 e. The maximum atomic E-state index is 11.0. The topological polar surface area (TPSA) is 92.8 Å². The highest BCUT2D eigenvalue weighted by molar-refractivity contribution is 7.99. The number of phenols is 2. The summed E-state index contributed by atoms with van der Waals surface area (Å²) in [5.41, 5.74) is 5.52. The molecule has 0 aliphatic heterocycles. The van der Waals surface area contributed by atoms with Gasteiger partial charge in [0.1, 0.15) is 17.5 Å². The second kappa shape index (κ2) is 5.62. The molecule has 0 aliphatic rings. The molecule has 0 amide bonds. The Balaban J connectivity index is 2.60. The monoisotopic (exact) mass is 243 g/mol. The first kappa shape index (κ1) is 12.7. The SMILES string of the molecule is COC(=O)[C@@H](N)CSc1cc(O)ccc1O. The van der Waals surface area contributed by atoms with E-state index in [1.54, 1.807) is 0 Å². The number of carbonyl (C=O) groups excluding carboxylic acids is 1. The number of esters is 1. The van der Waals surface area contributed by atoms with Gasteiger partial charge in [-0.05, 0) is 18.2 Å². The molecule has 0 saturated heterocycles. The van der Waals surface area contributed by atoms with Gasteiger partial charge in [-0.15, -0.1) is 11.8 Å². The number of methoxy groups -OCH3 is 1. The molecule has 0 bridgehead atoms. The maximum absolute atomic E-state index is 11.0. The molecule has 0 saturated carbocycles. The highest BCUT2D eigenvalue weighted by atomic mass is 32.2. The molecule has 88 valence electrons. The van der Waals surface area contributed by atoms with Crippen molar-refractivity contribution in [3.63, 3.8) is 0 Å². The van der Waals surface area contributed by atoms with Crippen LogP contribution in [0, 0.1) is 0 Å². The van der Waals surface area contributed by atoms with Crippen molar-refractivity contribution in [2.75, 3.05) is 12.9 Å². The van der Waals surface area contributed by atoms with Gasteiger partial charge < -0.3 is 20.7 Å². The molecule has 5 nitrogen and oxygen atoms in total. The van der Waals surface area contributed by atoms with E-state index < -0.39 is 12.0 Å². The van der Waals surface area contributed by atoms with Gasteiger partial charge in [0.25, 0.3) is 0 Å². The molecule has 0 spiro atoms. The number of thioether (sulfide) groups is 1. The molecule has 6 heteroatoms. The van der Waals surface area contributed by atoms with Crippen LogP contribution in [-0.2, 0) is 9.53 Å². The van der Waals surface area contributed by atoms with Crippen LogP contribution in [0.3, 0.4) is 0 Å². The molecule has 0 aliphatic carbocycles. The van der Waals surface area contributed by atoms with E-state index in [0.29, 0.717) is 4.90 Å². The zero-order chi connectivity index (χ0) is 12.1. The van der Waals surface area contributed by atoms with E-state index in [-0.39, 0.29) is 17.3 Å². The smallest absolute Gasteiger partial charge is 0.323 e. The van der Waals surface area contributed by atoms with Crippen LogP contribution < -0.4 is 5.73 Å². The van der Waals surface area contributed by atoms with E-state index >= 15 is 0 Å². The van der Waals surface area contributed by atoms with Crippen molar-refractivity contribution in [1.29, 1.82) is 0 Å². The van der Waals surface area contributed by atoms with Crippen molar-refractivity contribution in [2.45, 2.75) is 10.9 Å². The molecule has 1 aromatic carbocycles. The number of benzene rings is 1. The number of ether oxygens (including phenoxy) is 1. The fourth-order valence-electron chi connectivity index (χ4n) is 1.02. The third-order valence-electron chi connectivity index (χ3n) is 1.87. The van der Waals surface area contributed by atoms with Crippen molar-refractivity contribution in [3.05, 3.63) is 18.2 Å². The molecule has 1 atom stereocenters. The Hall–Kier alpha value is -1.40. The average Bonchev–Trinajstić information content (AvgIpc) is 2.28. The second-order valence-corrected chi connectivity index (χ2v) is 4.15.